The van der Waals surface area contributed by atoms with Crippen molar-refractivity contribution < 1.29 is 8.78 Å². The van der Waals surface area contributed by atoms with Crippen molar-refractivity contribution in [2.24, 2.45) is 0 Å². The fourth-order valence-electron chi connectivity index (χ4n) is 5.11. The Kier molecular flexibility index (Phi) is 7.75. The third-order valence-corrected chi connectivity index (χ3v) is 8.02. The highest BCUT2D eigenvalue weighted by Crippen LogP contribution is 2.37. The quantitative estimate of drug-likeness (QED) is 0.182. The fourth-order valence-corrected chi connectivity index (χ4v) is 5.56. The van der Waals surface area contributed by atoms with Crippen LogP contribution in [0.25, 0.3) is 10.9 Å². The summed E-state index contributed by atoms with van der Waals surface area (Å²) in [5, 5.41) is 19.5. The van der Waals surface area contributed by atoms with Crippen molar-refractivity contribution in [1.82, 2.24) is 25.9 Å². The zero-order valence-electron chi connectivity index (χ0n) is 22.4. The van der Waals surface area contributed by atoms with Gasteiger partial charge < -0.3 is 16.1 Å². The van der Waals surface area contributed by atoms with E-state index in [0.717, 1.165) is 30.9 Å². The number of aromatic nitrogens is 1. The van der Waals surface area contributed by atoms with Gasteiger partial charge in [0.2, 0.25) is 0 Å². The number of halogens is 4. The SMILES string of the molecule is CCN1CC(N2C=C(C(Nc3cc(Cl)c4ncc(C#N)c(Nc5ccc(F)c(Cl)c5)c4c3)c3ccc(F)cc3)NN2)C1. The van der Waals surface area contributed by atoms with Gasteiger partial charge in [-0.3, -0.25) is 14.9 Å². The van der Waals surface area contributed by atoms with Crippen molar-refractivity contribution in [3.05, 3.63) is 105 Å². The molecule has 3 heterocycles. The molecule has 214 valence electrons. The lowest BCUT2D eigenvalue weighted by atomic mass is 10.0. The van der Waals surface area contributed by atoms with Crippen LogP contribution in [-0.4, -0.2) is 40.6 Å². The van der Waals surface area contributed by atoms with Crippen LogP contribution in [0.1, 0.15) is 24.1 Å². The predicted molar refractivity (Wildman–Crippen MR) is 161 cm³/mol. The zero-order chi connectivity index (χ0) is 29.4. The lowest BCUT2D eigenvalue weighted by Crippen LogP contribution is -2.60. The van der Waals surface area contributed by atoms with Gasteiger partial charge in [-0.15, -0.1) is 5.53 Å². The summed E-state index contributed by atoms with van der Waals surface area (Å²) >= 11 is 12.7. The zero-order valence-corrected chi connectivity index (χ0v) is 23.9. The normalized spacial score (nSPS) is 16.0. The first-order chi connectivity index (χ1) is 20.3. The Morgan fingerprint density at radius 1 is 1.07 bits per heavy atom. The van der Waals surface area contributed by atoms with Crippen LogP contribution in [-0.2, 0) is 0 Å². The van der Waals surface area contributed by atoms with Crippen molar-refractivity contribution in [2.45, 2.75) is 19.0 Å². The first-order valence-corrected chi connectivity index (χ1v) is 14.1. The van der Waals surface area contributed by atoms with Crippen molar-refractivity contribution in [3.63, 3.8) is 0 Å². The van der Waals surface area contributed by atoms with E-state index in [1.165, 1.54) is 36.5 Å². The van der Waals surface area contributed by atoms with Crippen LogP contribution in [0, 0.1) is 23.0 Å². The topological polar surface area (TPSA) is 91.3 Å². The summed E-state index contributed by atoms with van der Waals surface area (Å²) in [5.74, 6) is -0.883. The number of hydrogen-bond acceptors (Lipinski definition) is 8. The average molecular weight is 607 g/mol. The van der Waals surface area contributed by atoms with Gasteiger partial charge in [0.25, 0.3) is 0 Å². The summed E-state index contributed by atoms with van der Waals surface area (Å²) in [6.45, 7) is 5.05. The lowest BCUT2D eigenvalue weighted by molar-refractivity contribution is 0.0390. The molecule has 1 fully saturated rings. The number of pyridine rings is 1. The number of fused-ring (bicyclic) bond motifs is 1. The Balaban J connectivity index is 1.38. The second kappa shape index (κ2) is 11.6. The number of likely N-dealkylation sites (tertiary alicyclic amines) is 1. The van der Waals surface area contributed by atoms with Crippen LogP contribution < -0.4 is 21.6 Å². The Hall–Kier alpha value is -4.14. The van der Waals surface area contributed by atoms with Crippen molar-refractivity contribution in [2.75, 3.05) is 30.3 Å². The van der Waals surface area contributed by atoms with E-state index >= 15 is 0 Å². The largest absolute Gasteiger partial charge is 0.373 e. The van der Waals surface area contributed by atoms with Gasteiger partial charge in [-0.25, -0.2) is 8.78 Å². The molecule has 0 bridgehead atoms. The maximum absolute atomic E-state index is 13.9. The number of likely N-dealkylation sites (N-methyl/N-ethyl adjacent to an activating group) is 1. The van der Waals surface area contributed by atoms with Crippen LogP contribution in [0.5, 0.6) is 0 Å². The van der Waals surface area contributed by atoms with E-state index in [1.807, 2.05) is 17.3 Å². The first kappa shape index (κ1) is 28.0. The third-order valence-electron chi connectivity index (χ3n) is 7.45. The smallest absolute Gasteiger partial charge is 0.141 e. The minimum Gasteiger partial charge on any atom is -0.373 e. The highest BCUT2D eigenvalue weighted by molar-refractivity contribution is 6.36. The highest BCUT2D eigenvalue weighted by atomic mass is 35.5. The summed E-state index contributed by atoms with van der Waals surface area (Å²) in [4.78, 5) is 6.76. The molecule has 1 atom stereocenters. The second-order valence-electron chi connectivity index (χ2n) is 10.1. The molecule has 1 saturated heterocycles. The van der Waals surface area contributed by atoms with Gasteiger partial charge in [0, 0.05) is 42.2 Å². The van der Waals surface area contributed by atoms with Crippen molar-refractivity contribution in [1.29, 1.82) is 5.26 Å². The molecule has 2 aliphatic rings. The molecule has 0 amide bonds. The highest BCUT2D eigenvalue weighted by Gasteiger charge is 2.33. The monoisotopic (exact) mass is 606 g/mol. The fraction of sp³-hybridized carbons (Fsp3) is 0.200. The van der Waals surface area contributed by atoms with Crippen molar-refractivity contribution >= 4 is 51.2 Å². The number of nitrogens with one attached hydrogen (secondary N) is 4. The third kappa shape index (κ3) is 5.52. The van der Waals surface area contributed by atoms with Gasteiger partial charge in [0.05, 0.1) is 44.6 Å². The van der Waals surface area contributed by atoms with Crippen LogP contribution >= 0.6 is 23.2 Å². The number of nitrogens with zero attached hydrogens (tertiary/aromatic N) is 4. The van der Waals surface area contributed by atoms with Crippen LogP contribution in [0.4, 0.5) is 25.8 Å². The Morgan fingerprint density at radius 3 is 2.55 bits per heavy atom. The maximum atomic E-state index is 13.9. The maximum Gasteiger partial charge on any atom is 0.141 e. The van der Waals surface area contributed by atoms with Crippen LogP contribution in [0.3, 0.4) is 0 Å². The molecule has 12 heteroatoms. The number of rotatable bonds is 8. The molecule has 4 aromatic rings. The predicted octanol–water partition coefficient (Wildman–Crippen LogP) is 6.46. The van der Waals surface area contributed by atoms with Gasteiger partial charge >= 0.3 is 0 Å². The van der Waals surface area contributed by atoms with Crippen molar-refractivity contribution in [3.8, 4) is 6.07 Å². The molecular formula is C30H26Cl2F2N8. The minimum atomic E-state index is -0.549. The molecule has 2 aliphatic heterocycles. The molecule has 0 radical (unpaired) electrons. The summed E-state index contributed by atoms with van der Waals surface area (Å²) < 4.78 is 27.6. The molecule has 6 rings (SSSR count). The number of anilines is 3. The summed E-state index contributed by atoms with van der Waals surface area (Å²) in [5.41, 5.74) is 10.5. The molecule has 42 heavy (non-hydrogen) atoms. The molecule has 3 aromatic carbocycles. The van der Waals surface area contributed by atoms with E-state index in [9.17, 15) is 14.0 Å². The molecule has 1 aromatic heterocycles. The average Bonchev–Trinajstić information content (AvgIpc) is 3.43. The van der Waals surface area contributed by atoms with Gasteiger partial charge in [-0.1, -0.05) is 42.3 Å². The number of hydrogen-bond donors (Lipinski definition) is 4. The van der Waals surface area contributed by atoms with E-state index in [4.69, 9.17) is 23.2 Å². The standard InChI is InChI=1S/C30H26Cl2F2N8/c1-2-41-14-22(15-41)42-16-27(39-40-42)29(17-3-5-19(33)6-4-17)38-21-9-23-28(37-20-7-8-26(34)24(31)10-20)18(12-35)13-36-30(23)25(32)11-21/h3-11,13,16,22,29,38-40H,2,14-15H2,1H3,(H,36,37). The van der Waals surface area contributed by atoms with Crippen LogP contribution in [0.2, 0.25) is 10.0 Å². The minimum absolute atomic E-state index is 0.0521. The molecular weight excluding hydrogens is 581 g/mol. The molecule has 1 unspecified atom stereocenters. The first-order valence-electron chi connectivity index (χ1n) is 13.3. The number of nitriles is 1. The van der Waals surface area contributed by atoms with E-state index < -0.39 is 11.9 Å². The Bertz CT molecular complexity index is 1720. The van der Waals surface area contributed by atoms with Gasteiger partial charge in [0.15, 0.2) is 0 Å². The summed E-state index contributed by atoms with van der Waals surface area (Å²) in [7, 11) is 0. The van der Waals surface area contributed by atoms with E-state index in [0.29, 0.717) is 39.0 Å². The lowest BCUT2D eigenvalue weighted by Gasteiger charge is -2.42. The van der Waals surface area contributed by atoms with Crippen LogP contribution in [0.15, 0.2) is 72.7 Å². The second-order valence-corrected chi connectivity index (χ2v) is 10.9. The Morgan fingerprint density at radius 2 is 1.83 bits per heavy atom. The molecule has 8 nitrogen and oxygen atoms in total. The summed E-state index contributed by atoms with van der Waals surface area (Å²) in [6, 6.07) is 16.2. The summed E-state index contributed by atoms with van der Waals surface area (Å²) in [6.07, 6.45) is 3.45. The van der Waals surface area contributed by atoms with Gasteiger partial charge in [-0.05, 0) is 54.6 Å². The Labute approximate surface area is 251 Å². The number of hydrazine groups is 2. The molecule has 4 N–H and O–H groups in total. The van der Waals surface area contributed by atoms with E-state index in [1.54, 1.807) is 18.2 Å². The van der Waals surface area contributed by atoms with E-state index in [-0.39, 0.29) is 16.4 Å². The molecule has 0 aliphatic carbocycles. The molecule has 0 saturated carbocycles. The van der Waals surface area contributed by atoms with Gasteiger partial charge in [-0.2, -0.15) is 5.26 Å². The molecule has 0 spiro atoms. The van der Waals surface area contributed by atoms with E-state index in [2.05, 4.69) is 44.5 Å². The number of benzene rings is 3. The van der Waals surface area contributed by atoms with Gasteiger partial charge in [0.1, 0.15) is 17.7 Å².